The lowest BCUT2D eigenvalue weighted by Gasteiger charge is -2.16. The number of nitrogens with one attached hydrogen (secondary N) is 1. The Morgan fingerprint density at radius 2 is 1.83 bits per heavy atom. The molecule has 0 aliphatic heterocycles. The average Bonchev–Trinajstić information content (AvgIpc) is 2.32. The zero-order valence-electron chi connectivity index (χ0n) is 11.1. The summed E-state index contributed by atoms with van der Waals surface area (Å²) in [5.41, 5.74) is 4.66. The number of anilines is 2. The van der Waals surface area contributed by atoms with Crippen LogP contribution in [0.4, 0.5) is 11.5 Å². The Bertz CT molecular complexity index is 594. The second kappa shape index (κ2) is 4.98. The SMILES string of the molecule is Cc1nccc(Nc2c(C)cc(S)c(C)c2C)n1. The van der Waals surface area contributed by atoms with Crippen LogP contribution in [0.2, 0.25) is 0 Å². The highest BCUT2D eigenvalue weighted by Gasteiger charge is 2.09. The predicted octanol–water partition coefficient (Wildman–Crippen LogP) is 3.74. The lowest BCUT2D eigenvalue weighted by Crippen LogP contribution is -2.01. The Kier molecular flexibility index (Phi) is 3.57. The number of aromatic nitrogens is 2. The van der Waals surface area contributed by atoms with E-state index in [0.29, 0.717) is 0 Å². The zero-order valence-corrected chi connectivity index (χ0v) is 12.0. The van der Waals surface area contributed by atoms with Crippen molar-refractivity contribution in [2.24, 2.45) is 0 Å². The van der Waals surface area contributed by atoms with Crippen molar-refractivity contribution in [1.29, 1.82) is 0 Å². The Morgan fingerprint density at radius 1 is 1.11 bits per heavy atom. The van der Waals surface area contributed by atoms with Gasteiger partial charge in [0.2, 0.25) is 0 Å². The highest BCUT2D eigenvalue weighted by Crippen LogP contribution is 2.30. The third-order valence-electron chi connectivity index (χ3n) is 3.10. The van der Waals surface area contributed by atoms with Crippen LogP contribution < -0.4 is 5.32 Å². The predicted molar refractivity (Wildman–Crippen MR) is 78.0 cm³/mol. The summed E-state index contributed by atoms with van der Waals surface area (Å²) in [5.74, 6) is 1.58. The highest BCUT2D eigenvalue weighted by atomic mass is 32.1. The number of hydrogen-bond donors (Lipinski definition) is 2. The molecule has 18 heavy (non-hydrogen) atoms. The van der Waals surface area contributed by atoms with Gasteiger partial charge in [-0.2, -0.15) is 0 Å². The normalized spacial score (nSPS) is 10.5. The topological polar surface area (TPSA) is 37.8 Å². The fraction of sp³-hybridized carbons (Fsp3) is 0.286. The van der Waals surface area contributed by atoms with Crippen molar-refractivity contribution < 1.29 is 0 Å². The van der Waals surface area contributed by atoms with Gasteiger partial charge in [-0.3, -0.25) is 0 Å². The van der Waals surface area contributed by atoms with Crippen molar-refractivity contribution in [3.63, 3.8) is 0 Å². The van der Waals surface area contributed by atoms with Crippen molar-refractivity contribution in [2.45, 2.75) is 32.6 Å². The van der Waals surface area contributed by atoms with Gasteiger partial charge in [-0.25, -0.2) is 9.97 Å². The number of hydrogen-bond acceptors (Lipinski definition) is 4. The number of rotatable bonds is 2. The molecular weight excluding hydrogens is 242 g/mol. The standard InChI is InChI=1S/C14H17N3S/c1-8-7-12(18)9(2)10(3)14(8)17-13-5-6-15-11(4)16-13/h5-7,18H,1-4H3,(H,15,16,17). The molecule has 0 fully saturated rings. The van der Waals surface area contributed by atoms with E-state index in [1.165, 1.54) is 16.7 Å². The minimum absolute atomic E-state index is 0.762. The van der Waals surface area contributed by atoms with Crippen LogP contribution in [0.1, 0.15) is 22.5 Å². The Labute approximate surface area is 113 Å². The Morgan fingerprint density at radius 3 is 2.50 bits per heavy atom. The van der Waals surface area contributed by atoms with E-state index in [0.717, 1.165) is 22.2 Å². The fourth-order valence-electron chi connectivity index (χ4n) is 1.91. The van der Waals surface area contributed by atoms with Crippen LogP contribution in [0.3, 0.4) is 0 Å². The summed E-state index contributed by atoms with van der Waals surface area (Å²) in [6.45, 7) is 8.13. The third-order valence-corrected chi connectivity index (χ3v) is 3.56. The van der Waals surface area contributed by atoms with Crippen molar-refractivity contribution in [2.75, 3.05) is 5.32 Å². The molecule has 2 aromatic rings. The summed E-state index contributed by atoms with van der Waals surface area (Å²) in [6, 6.07) is 3.94. The monoisotopic (exact) mass is 259 g/mol. The fourth-order valence-corrected chi connectivity index (χ4v) is 2.27. The molecule has 0 saturated carbocycles. The smallest absolute Gasteiger partial charge is 0.134 e. The molecule has 0 aliphatic carbocycles. The van der Waals surface area contributed by atoms with Crippen molar-refractivity contribution in [3.8, 4) is 0 Å². The van der Waals surface area contributed by atoms with E-state index in [9.17, 15) is 0 Å². The molecule has 1 N–H and O–H groups in total. The van der Waals surface area contributed by atoms with Gasteiger partial charge in [-0.15, -0.1) is 12.6 Å². The molecular formula is C14H17N3S. The lowest BCUT2D eigenvalue weighted by molar-refractivity contribution is 1.05. The van der Waals surface area contributed by atoms with Gasteiger partial charge in [0.25, 0.3) is 0 Å². The zero-order chi connectivity index (χ0) is 13.3. The maximum absolute atomic E-state index is 4.47. The minimum Gasteiger partial charge on any atom is -0.340 e. The average molecular weight is 259 g/mol. The van der Waals surface area contributed by atoms with Crippen LogP contribution in [0, 0.1) is 27.7 Å². The Hall–Kier alpha value is -1.55. The van der Waals surface area contributed by atoms with Gasteiger partial charge >= 0.3 is 0 Å². The number of aryl methyl sites for hydroxylation is 2. The molecule has 3 nitrogen and oxygen atoms in total. The molecule has 1 heterocycles. The number of thiol groups is 1. The van der Waals surface area contributed by atoms with Crippen LogP contribution in [-0.4, -0.2) is 9.97 Å². The first-order valence-corrected chi connectivity index (χ1v) is 6.30. The van der Waals surface area contributed by atoms with E-state index in [-0.39, 0.29) is 0 Å². The van der Waals surface area contributed by atoms with Gasteiger partial charge in [0.05, 0.1) is 0 Å². The second-order valence-corrected chi connectivity index (χ2v) is 4.93. The van der Waals surface area contributed by atoms with Crippen LogP contribution >= 0.6 is 12.6 Å². The first-order chi connectivity index (χ1) is 8.49. The first kappa shape index (κ1) is 12.9. The summed E-state index contributed by atoms with van der Waals surface area (Å²) in [7, 11) is 0. The van der Waals surface area contributed by atoms with Gasteiger partial charge in [0.1, 0.15) is 11.6 Å². The quantitative estimate of drug-likeness (QED) is 0.807. The lowest BCUT2D eigenvalue weighted by atomic mass is 10.0. The van der Waals surface area contributed by atoms with Gasteiger partial charge in [-0.05, 0) is 56.5 Å². The molecule has 0 unspecified atom stereocenters. The van der Waals surface area contributed by atoms with Crippen LogP contribution in [0.5, 0.6) is 0 Å². The van der Waals surface area contributed by atoms with Gasteiger partial charge in [-0.1, -0.05) is 0 Å². The van der Waals surface area contributed by atoms with Gasteiger partial charge in [0, 0.05) is 16.8 Å². The molecule has 1 aromatic carbocycles. The van der Waals surface area contributed by atoms with Gasteiger partial charge < -0.3 is 5.32 Å². The third kappa shape index (κ3) is 2.48. The highest BCUT2D eigenvalue weighted by molar-refractivity contribution is 7.80. The van der Waals surface area contributed by atoms with Crippen molar-refractivity contribution >= 4 is 24.1 Å². The van der Waals surface area contributed by atoms with E-state index < -0.39 is 0 Å². The second-order valence-electron chi connectivity index (χ2n) is 4.45. The molecule has 0 atom stereocenters. The summed E-state index contributed by atoms with van der Waals surface area (Å²) in [5, 5.41) is 3.36. The molecule has 0 radical (unpaired) electrons. The maximum Gasteiger partial charge on any atom is 0.134 e. The molecule has 0 amide bonds. The summed E-state index contributed by atoms with van der Waals surface area (Å²) < 4.78 is 0. The Balaban J connectivity index is 2.44. The molecule has 0 saturated heterocycles. The molecule has 0 bridgehead atoms. The van der Waals surface area contributed by atoms with Crippen molar-refractivity contribution in [1.82, 2.24) is 9.97 Å². The van der Waals surface area contributed by atoms with Crippen LogP contribution in [0.25, 0.3) is 0 Å². The van der Waals surface area contributed by atoms with E-state index in [4.69, 9.17) is 0 Å². The largest absolute Gasteiger partial charge is 0.340 e. The van der Waals surface area contributed by atoms with E-state index in [1.807, 2.05) is 13.0 Å². The summed E-state index contributed by atoms with van der Waals surface area (Å²) >= 11 is 4.47. The molecule has 1 aromatic heterocycles. The van der Waals surface area contributed by atoms with Crippen LogP contribution in [-0.2, 0) is 0 Å². The molecule has 2 rings (SSSR count). The van der Waals surface area contributed by atoms with Gasteiger partial charge in [0.15, 0.2) is 0 Å². The minimum atomic E-state index is 0.762. The maximum atomic E-state index is 4.47. The molecule has 0 aliphatic rings. The number of benzene rings is 1. The molecule has 4 heteroatoms. The van der Waals surface area contributed by atoms with Crippen LogP contribution in [0.15, 0.2) is 23.2 Å². The van der Waals surface area contributed by atoms with E-state index >= 15 is 0 Å². The summed E-state index contributed by atoms with van der Waals surface area (Å²) in [6.07, 6.45) is 1.76. The summed E-state index contributed by atoms with van der Waals surface area (Å²) in [4.78, 5) is 9.48. The molecule has 0 spiro atoms. The number of nitrogens with zero attached hydrogens (tertiary/aromatic N) is 2. The molecule has 94 valence electrons. The van der Waals surface area contributed by atoms with E-state index in [1.54, 1.807) is 6.20 Å². The first-order valence-electron chi connectivity index (χ1n) is 5.85. The van der Waals surface area contributed by atoms with Crippen molar-refractivity contribution in [3.05, 3.63) is 40.8 Å². The van der Waals surface area contributed by atoms with E-state index in [2.05, 4.69) is 54.8 Å².